The van der Waals surface area contributed by atoms with Crippen LogP contribution in [0.3, 0.4) is 0 Å². The average Bonchev–Trinajstić information content (AvgIpc) is 3.26. The van der Waals surface area contributed by atoms with Gasteiger partial charge in [-0.05, 0) is 86.5 Å². The molecule has 0 aromatic heterocycles. The van der Waals surface area contributed by atoms with Gasteiger partial charge in [0.15, 0.2) is 0 Å². The van der Waals surface area contributed by atoms with Crippen molar-refractivity contribution < 1.29 is 14.6 Å². The summed E-state index contributed by atoms with van der Waals surface area (Å²) in [5.41, 5.74) is 2.29. The van der Waals surface area contributed by atoms with Crippen LogP contribution >= 0.6 is 0 Å². The fraction of sp³-hybridized carbons (Fsp3) is 0.536. The van der Waals surface area contributed by atoms with E-state index in [1.54, 1.807) is 12.1 Å². The lowest BCUT2D eigenvalue weighted by Gasteiger charge is -2.31. The summed E-state index contributed by atoms with van der Waals surface area (Å²) in [5, 5.41) is 9.76. The van der Waals surface area contributed by atoms with E-state index in [0.29, 0.717) is 5.92 Å². The van der Waals surface area contributed by atoms with Gasteiger partial charge in [-0.1, -0.05) is 63.2 Å². The number of benzene rings is 2. The molecule has 0 bridgehead atoms. The van der Waals surface area contributed by atoms with Crippen LogP contribution in [-0.4, -0.2) is 16.7 Å². The third kappa shape index (κ3) is 6.12. The van der Waals surface area contributed by atoms with Crippen molar-refractivity contribution in [2.45, 2.75) is 89.6 Å². The SMILES string of the molecule is CCC(CC(CC(C)C(=O)OC1(CC)CCCC1)c1ccc(O)cc1)c1ccccc1. The Hall–Kier alpha value is -2.29. The molecule has 3 heteroatoms. The Balaban J connectivity index is 1.76. The van der Waals surface area contributed by atoms with Gasteiger partial charge in [-0.2, -0.15) is 0 Å². The van der Waals surface area contributed by atoms with Crippen molar-refractivity contribution >= 4 is 5.97 Å². The molecular weight excluding hydrogens is 384 g/mol. The van der Waals surface area contributed by atoms with Gasteiger partial charge >= 0.3 is 5.97 Å². The van der Waals surface area contributed by atoms with Crippen molar-refractivity contribution in [3.05, 3.63) is 65.7 Å². The van der Waals surface area contributed by atoms with E-state index in [4.69, 9.17) is 4.74 Å². The minimum atomic E-state index is -0.241. The van der Waals surface area contributed by atoms with E-state index in [-0.39, 0.29) is 29.2 Å². The largest absolute Gasteiger partial charge is 0.508 e. The number of ether oxygens (including phenoxy) is 1. The first-order valence-electron chi connectivity index (χ1n) is 12.0. The van der Waals surface area contributed by atoms with Gasteiger partial charge in [-0.25, -0.2) is 0 Å². The first-order valence-corrected chi connectivity index (χ1v) is 12.0. The zero-order valence-corrected chi connectivity index (χ0v) is 19.3. The average molecular weight is 423 g/mol. The Morgan fingerprint density at radius 1 is 0.935 bits per heavy atom. The van der Waals surface area contributed by atoms with Crippen LogP contribution in [0.5, 0.6) is 5.75 Å². The minimum Gasteiger partial charge on any atom is -0.508 e. The molecule has 31 heavy (non-hydrogen) atoms. The molecule has 1 aliphatic carbocycles. The summed E-state index contributed by atoms with van der Waals surface area (Å²) >= 11 is 0. The van der Waals surface area contributed by atoms with E-state index >= 15 is 0 Å². The number of aromatic hydroxyl groups is 1. The Morgan fingerprint density at radius 2 is 1.55 bits per heavy atom. The molecule has 0 spiro atoms. The molecule has 0 saturated heterocycles. The standard InChI is InChI=1S/C28H38O3/c1-4-22(23-11-7-6-8-12-23)20-25(24-13-15-26(29)16-14-24)19-21(3)27(30)31-28(5-2)17-9-10-18-28/h6-8,11-16,21-22,25,29H,4-5,9-10,17-20H2,1-3H3. The maximum atomic E-state index is 13.0. The van der Waals surface area contributed by atoms with Gasteiger partial charge < -0.3 is 9.84 Å². The predicted octanol–water partition coefficient (Wildman–Crippen LogP) is 7.35. The third-order valence-electron chi connectivity index (χ3n) is 7.21. The highest BCUT2D eigenvalue weighted by molar-refractivity contribution is 5.72. The number of rotatable bonds is 10. The van der Waals surface area contributed by atoms with Gasteiger partial charge in [0.1, 0.15) is 11.4 Å². The van der Waals surface area contributed by atoms with Crippen LogP contribution in [0.25, 0.3) is 0 Å². The summed E-state index contributed by atoms with van der Waals surface area (Å²) in [6.07, 6.45) is 7.98. The molecule has 1 aliphatic rings. The van der Waals surface area contributed by atoms with Crippen molar-refractivity contribution in [2.24, 2.45) is 5.92 Å². The molecule has 3 atom stereocenters. The highest BCUT2D eigenvalue weighted by atomic mass is 16.6. The lowest BCUT2D eigenvalue weighted by atomic mass is 9.79. The molecule has 3 rings (SSSR count). The molecule has 0 amide bonds. The normalized spacial score (nSPS) is 18.3. The van der Waals surface area contributed by atoms with Crippen LogP contribution in [0.4, 0.5) is 0 Å². The Morgan fingerprint density at radius 3 is 2.13 bits per heavy atom. The summed E-state index contributed by atoms with van der Waals surface area (Å²) < 4.78 is 6.10. The van der Waals surface area contributed by atoms with E-state index in [1.165, 1.54) is 11.1 Å². The van der Waals surface area contributed by atoms with Gasteiger partial charge in [0.2, 0.25) is 0 Å². The van der Waals surface area contributed by atoms with Gasteiger partial charge in [0.25, 0.3) is 0 Å². The molecular formula is C28H38O3. The molecule has 0 radical (unpaired) electrons. The minimum absolute atomic E-state index is 0.0553. The summed E-state index contributed by atoms with van der Waals surface area (Å²) in [6.45, 7) is 6.38. The number of hydrogen-bond donors (Lipinski definition) is 1. The summed E-state index contributed by atoms with van der Waals surface area (Å²) in [4.78, 5) is 13.0. The van der Waals surface area contributed by atoms with Crippen LogP contribution in [0.1, 0.15) is 95.1 Å². The second-order valence-corrected chi connectivity index (χ2v) is 9.34. The molecule has 1 N–H and O–H groups in total. The summed E-state index contributed by atoms with van der Waals surface area (Å²) in [7, 11) is 0. The Kier molecular flexibility index (Phi) is 8.17. The van der Waals surface area contributed by atoms with Crippen molar-refractivity contribution in [3.63, 3.8) is 0 Å². The van der Waals surface area contributed by atoms with Gasteiger partial charge in [0, 0.05) is 0 Å². The Labute approximate surface area is 187 Å². The molecule has 2 aromatic rings. The fourth-order valence-corrected chi connectivity index (χ4v) is 5.11. The van der Waals surface area contributed by atoms with E-state index in [0.717, 1.165) is 51.4 Å². The number of esters is 1. The zero-order chi connectivity index (χ0) is 22.3. The maximum Gasteiger partial charge on any atom is 0.309 e. The predicted molar refractivity (Wildman–Crippen MR) is 126 cm³/mol. The van der Waals surface area contributed by atoms with Gasteiger partial charge in [0.05, 0.1) is 5.92 Å². The van der Waals surface area contributed by atoms with Crippen molar-refractivity contribution in [2.75, 3.05) is 0 Å². The van der Waals surface area contributed by atoms with Crippen molar-refractivity contribution in [1.82, 2.24) is 0 Å². The van der Waals surface area contributed by atoms with Crippen LogP contribution in [0.15, 0.2) is 54.6 Å². The first-order chi connectivity index (χ1) is 15.0. The molecule has 3 nitrogen and oxygen atoms in total. The second-order valence-electron chi connectivity index (χ2n) is 9.34. The highest BCUT2D eigenvalue weighted by Gasteiger charge is 2.37. The lowest BCUT2D eigenvalue weighted by Crippen LogP contribution is -2.34. The van der Waals surface area contributed by atoms with Gasteiger partial charge in [-0.15, -0.1) is 0 Å². The number of hydrogen-bond acceptors (Lipinski definition) is 3. The van der Waals surface area contributed by atoms with Gasteiger partial charge in [-0.3, -0.25) is 4.79 Å². The molecule has 3 unspecified atom stereocenters. The monoisotopic (exact) mass is 422 g/mol. The highest BCUT2D eigenvalue weighted by Crippen LogP contribution is 2.39. The molecule has 0 heterocycles. The molecule has 2 aromatic carbocycles. The molecule has 168 valence electrons. The molecule has 1 saturated carbocycles. The quantitative estimate of drug-likeness (QED) is 0.407. The molecule has 1 fully saturated rings. The second kappa shape index (κ2) is 10.8. The maximum absolute atomic E-state index is 13.0. The van der Waals surface area contributed by atoms with Crippen LogP contribution in [0.2, 0.25) is 0 Å². The topological polar surface area (TPSA) is 46.5 Å². The zero-order valence-electron chi connectivity index (χ0n) is 19.3. The molecule has 0 aliphatic heterocycles. The number of carbonyl (C=O) groups excluding carboxylic acids is 1. The third-order valence-corrected chi connectivity index (χ3v) is 7.21. The van der Waals surface area contributed by atoms with E-state index in [2.05, 4.69) is 44.2 Å². The first kappa shape index (κ1) is 23.4. The van der Waals surface area contributed by atoms with Crippen LogP contribution in [-0.2, 0) is 9.53 Å². The van der Waals surface area contributed by atoms with E-state index in [1.807, 2.05) is 19.1 Å². The van der Waals surface area contributed by atoms with E-state index < -0.39 is 0 Å². The van der Waals surface area contributed by atoms with Crippen LogP contribution < -0.4 is 0 Å². The number of carbonyl (C=O) groups is 1. The lowest BCUT2D eigenvalue weighted by molar-refractivity contribution is -0.164. The van der Waals surface area contributed by atoms with E-state index in [9.17, 15) is 9.90 Å². The fourth-order valence-electron chi connectivity index (χ4n) is 5.11. The summed E-state index contributed by atoms with van der Waals surface area (Å²) in [5.74, 6) is 0.724. The number of phenolic OH excluding ortho intramolecular Hbond substituents is 1. The smallest absolute Gasteiger partial charge is 0.309 e. The Bertz CT molecular complexity index is 806. The van der Waals surface area contributed by atoms with Crippen molar-refractivity contribution in [3.8, 4) is 5.75 Å². The van der Waals surface area contributed by atoms with Crippen molar-refractivity contribution in [1.29, 1.82) is 0 Å². The summed E-state index contributed by atoms with van der Waals surface area (Å²) in [6, 6.07) is 18.1. The number of phenols is 1. The van der Waals surface area contributed by atoms with Crippen LogP contribution in [0, 0.1) is 5.92 Å².